The average molecular weight is 277 g/mol. The number of benzene rings is 1. The third kappa shape index (κ3) is 4.32. The molecule has 0 bridgehead atoms. The molecule has 1 aliphatic heterocycles. The van der Waals surface area contributed by atoms with Gasteiger partial charge in [-0.25, -0.2) is 0 Å². The summed E-state index contributed by atoms with van der Waals surface area (Å²) in [4.78, 5) is 11.4. The first-order valence-corrected chi connectivity index (χ1v) is 7.17. The molecule has 1 N–H and O–H groups in total. The third-order valence-corrected chi connectivity index (χ3v) is 3.75. The van der Waals surface area contributed by atoms with Crippen LogP contribution in [-0.4, -0.2) is 31.8 Å². The molecule has 0 amide bonds. The maximum absolute atomic E-state index is 11.4. The Balaban J connectivity index is 1.93. The van der Waals surface area contributed by atoms with Crippen molar-refractivity contribution in [2.75, 3.05) is 13.7 Å². The van der Waals surface area contributed by atoms with Crippen LogP contribution in [0.5, 0.6) is 0 Å². The Kier molecular flexibility index (Phi) is 5.56. The second-order valence-corrected chi connectivity index (χ2v) is 5.31. The number of hydrogen-bond donors (Lipinski definition) is 1. The van der Waals surface area contributed by atoms with Crippen molar-refractivity contribution in [3.63, 3.8) is 0 Å². The SMILES string of the molecule is COC(=O)Cc1ccccc1CNC1CCOC(C)C1. The van der Waals surface area contributed by atoms with Crippen molar-refractivity contribution in [2.45, 2.75) is 44.9 Å². The van der Waals surface area contributed by atoms with Crippen molar-refractivity contribution in [3.05, 3.63) is 35.4 Å². The molecule has 1 aromatic carbocycles. The summed E-state index contributed by atoms with van der Waals surface area (Å²) in [5.41, 5.74) is 2.20. The summed E-state index contributed by atoms with van der Waals surface area (Å²) in [6, 6.07) is 8.50. The van der Waals surface area contributed by atoms with Crippen LogP contribution in [0, 0.1) is 0 Å². The van der Waals surface area contributed by atoms with E-state index in [2.05, 4.69) is 18.3 Å². The van der Waals surface area contributed by atoms with E-state index in [4.69, 9.17) is 9.47 Å². The molecular weight excluding hydrogens is 254 g/mol. The zero-order valence-electron chi connectivity index (χ0n) is 12.2. The van der Waals surface area contributed by atoms with Gasteiger partial charge in [-0.1, -0.05) is 24.3 Å². The average Bonchev–Trinajstić information content (AvgIpc) is 2.46. The Morgan fingerprint density at radius 3 is 2.85 bits per heavy atom. The molecule has 0 aromatic heterocycles. The highest BCUT2D eigenvalue weighted by Gasteiger charge is 2.19. The lowest BCUT2D eigenvalue weighted by molar-refractivity contribution is -0.139. The molecule has 4 nitrogen and oxygen atoms in total. The summed E-state index contributed by atoms with van der Waals surface area (Å²) in [7, 11) is 1.42. The van der Waals surface area contributed by atoms with Crippen LogP contribution in [0.2, 0.25) is 0 Å². The first-order chi connectivity index (χ1) is 9.69. The molecule has 1 fully saturated rings. The fourth-order valence-corrected chi connectivity index (χ4v) is 2.57. The minimum atomic E-state index is -0.197. The summed E-state index contributed by atoms with van der Waals surface area (Å²) in [6.07, 6.45) is 2.74. The van der Waals surface area contributed by atoms with Gasteiger partial charge in [0.05, 0.1) is 19.6 Å². The highest BCUT2D eigenvalue weighted by Crippen LogP contribution is 2.15. The van der Waals surface area contributed by atoms with Crippen molar-refractivity contribution in [3.8, 4) is 0 Å². The second kappa shape index (κ2) is 7.41. The standard InChI is InChI=1S/C16H23NO3/c1-12-9-15(7-8-20-12)17-11-14-6-4-3-5-13(14)10-16(18)19-2/h3-6,12,15,17H,7-11H2,1-2H3. The number of ether oxygens (including phenoxy) is 2. The van der Waals surface area contributed by atoms with Gasteiger partial charge in [-0.3, -0.25) is 4.79 Å². The molecule has 2 atom stereocenters. The van der Waals surface area contributed by atoms with Crippen molar-refractivity contribution in [2.24, 2.45) is 0 Å². The Bertz CT molecular complexity index is 447. The number of rotatable bonds is 5. The van der Waals surface area contributed by atoms with Crippen LogP contribution in [0.25, 0.3) is 0 Å². The van der Waals surface area contributed by atoms with Gasteiger partial charge in [0.2, 0.25) is 0 Å². The van der Waals surface area contributed by atoms with Gasteiger partial charge in [0.25, 0.3) is 0 Å². The second-order valence-electron chi connectivity index (χ2n) is 5.31. The Morgan fingerprint density at radius 2 is 2.15 bits per heavy atom. The van der Waals surface area contributed by atoms with E-state index >= 15 is 0 Å². The number of esters is 1. The van der Waals surface area contributed by atoms with Crippen LogP contribution in [0.1, 0.15) is 30.9 Å². The summed E-state index contributed by atoms with van der Waals surface area (Å²) in [6.45, 7) is 3.71. The summed E-state index contributed by atoms with van der Waals surface area (Å²) in [5, 5.41) is 3.57. The van der Waals surface area contributed by atoms with Gasteiger partial charge in [0.15, 0.2) is 0 Å². The van der Waals surface area contributed by atoms with Gasteiger partial charge >= 0.3 is 5.97 Å². The van der Waals surface area contributed by atoms with E-state index in [1.165, 1.54) is 7.11 Å². The maximum atomic E-state index is 11.4. The number of hydrogen-bond acceptors (Lipinski definition) is 4. The zero-order valence-corrected chi connectivity index (χ0v) is 12.2. The molecule has 2 unspecified atom stereocenters. The molecule has 0 aliphatic carbocycles. The summed E-state index contributed by atoms with van der Waals surface area (Å²) >= 11 is 0. The molecule has 110 valence electrons. The van der Waals surface area contributed by atoms with Crippen LogP contribution >= 0.6 is 0 Å². The number of carbonyl (C=O) groups is 1. The summed E-state index contributed by atoms with van der Waals surface area (Å²) < 4.78 is 10.3. The van der Waals surface area contributed by atoms with Gasteiger partial charge in [0, 0.05) is 19.2 Å². The predicted octanol–water partition coefficient (Wildman–Crippen LogP) is 2.06. The van der Waals surface area contributed by atoms with Crippen molar-refractivity contribution in [1.82, 2.24) is 5.32 Å². The van der Waals surface area contributed by atoms with Crippen LogP contribution in [-0.2, 0) is 27.2 Å². The number of methoxy groups -OCH3 is 1. The number of nitrogens with one attached hydrogen (secondary N) is 1. The molecule has 2 rings (SSSR count). The molecule has 4 heteroatoms. The fourth-order valence-electron chi connectivity index (χ4n) is 2.57. The van der Waals surface area contributed by atoms with Gasteiger partial charge in [-0.15, -0.1) is 0 Å². The lowest BCUT2D eigenvalue weighted by atomic mass is 10.0. The predicted molar refractivity (Wildman–Crippen MR) is 77.4 cm³/mol. The molecule has 1 heterocycles. The molecule has 1 aromatic rings. The first-order valence-electron chi connectivity index (χ1n) is 7.17. The minimum absolute atomic E-state index is 0.197. The highest BCUT2D eigenvalue weighted by molar-refractivity contribution is 5.72. The van der Waals surface area contributed by atoms with E-state index in [9.17, 15) is 4.79 Å². The van der Waals surface area contributed by atoms with E-state index in [0.717, 1.165) is 37.1 Å². The van der Waals surface area contributed by atoms with Crippen molar-refractivity contribution < 1.29 is 14.3 Å². The fraction of sp³-hybridized carbons (Fsp3) is 0.562. The van der Waals surface area contributed by atoms with Gasteiger partial charge < -0.3 is 14.8 Å². The Labute approximate surface area is 120 Å². The largest absolute Gasteiger partial charge is 0.469 e. The molecule has 1 aliphatic rings. The highest BCUT2D eigenvalue weighted by atomic mass is 16.5. The Hall–Kier alpha value is -1.39. The maximum Gasteiger partial charge on any atom is 0.309 e. The summed E-state index contributed by atoms with van der Waals surface area (Å²) in [5.74, 6) is -0.197. The van der Waals surface area contributed by atoms with Crippen molar-refractivity contribution in [1.29, 1.82) is 0 Å². The third-order valence-electron chi connectivity index (χ3n) is 3.75. The van der Waals surface area contributed by atoms with E-state index in [-0.39, 0.29) is 5.97 Å². The monoisotopic (exact) mass is 277 g/mol. The smallest absolute Gasteiger partial charge is 0.309 e. The van der Waals surface area contributed by atoms with E-state index < -0.39 is 0 Å². The molecule has 1 saturated heterocycles. The first kappa shape index (κ1) is 15.0. The van der Waals surface area contributed by atoms with Gasteiger partial charge in [-0.2, -0.15) is 0 Å². The quantitative estimate of drug-likeness (QED) is 0.837. The molecule has 0 saturated carbocycles. The van der Waals surface area contributed by atoms with Crippen LogP contribution in [0.3, 0.4) is 0 Å². The van der Waals surface area contributed by atoms with Crippen molar-refractivity contribution >= 4 is 5.97 Å². The van der Waals surface area contributed by atoms with Gasteiger partial charge in [-0.05, 0) is 30.9 Å². The topological polar surface area (TPSA) is 47.6 Å². The van der Waals surface area contributed by atoms with E-state index in [0.29, 0.717) is 18.6 Å². The molecular formula is C16H23NO3. The lowest BCUT2D eigenvalue weighted by Gasteiger charge is -2.28. The van der Waals surface area contributed by atoms with E-state index in [1.54, 1.807) is 0 Å². The van der Waals surface area contributed by atoms with Crippen LogP contribution in [0.15, 0.2) is 24.3 Å². The Morgan fingerprint density at radius 1 is 1.40 bits per heavy atom. The normalized spacial score (nSPS) is 22.5. The minimum Gasteiger partial charge on any atom is -0.469 e. The molecule has 0 radical (unpaired) electrons. The van der Waals surface area contributed by atoms with E-state index in [1.807, 2.05) is 18.2 Å². The lowest BCUT2D eigenvalue weighted by Crippen LogP contribution is -2.37. The number of carbonyl (C=O) groups excluding carboxylic acids is 1. The molecule has 0 spiro atoms. The molecule has 20 heavy (non-hydrogen) atoms. The van der Waals surface area contributed by atoms with Crippen LogP contribution < -0.4 is 5.32 Å². The van der Waals surface area contributed by atoms with Crippen LogP contribution in [0.4, 0.5) is 0 Å². The van der Waals surface area contributed by atoms with Gasteiger partial charge in [0.1, 0.15) is 0 Å². The zero-order chi connectivity index (χ0) is 14.4.